The highest BCUT2D eigenvalue weighted by molar-refractivity contribution is 7.14. The molecule has 0 amide bonds. The van der Waals surface area contributed by atoms with Crippen LogP contribution < -0.4 is 10.5 Å². The number of rotatable bonds is 3. The average Bonchev–Trinajstić information content (AvgIpc) is 2.77. The number of hydrogen-bond acceptors (Lipinski definition) is 5. The lowest BCUT2D eigenvalue weighted by atomic mass is 10.2. The van der Waals surface area contributed by atoms with E-state index in [1.54, 1.807) is 12.1 Å². The van der Waals surface area contributed by atoms with E-state index in [1.165, 1.54) is 24.5 Å². The van der Waals surface area contributed by atoms with E-state index >= 15 is 0 Å². The third-order valence-electron chi connectivity index (χ3n) is 2.04. The van der Waals surface area contributed by atoms with Crippen molar-refractivity contribution in [3.05, 3.63) is 29.0 Å². The Bertz CT molecular complexity index is 501. The number of nitrogens with two attached hydrogens (primary N) is 1. The molecule has 0 radical (unpaired) electrons. The number of benzene rings is 1. The normalized spacial score (nSPS) is 10.4. The van der Waals surface area contributed by atoms with Crippen LogP contribution in [0.15, 0.2) is 18.2 Å². The molecule has 0 atom stereocenters. The minimum Gasteiger partial charge on any atom is -0.494 e. The molecule has 0 spiro atoms. The van der Waals surface area contributed by atoms with Crippen LogP contribution >= 0.6 is 11.3 Å². The maximum atomic E-state index is 13.4. The van der Waals surface area contributed by atoms with Gasteiger partial charge in [-0.3, -0.25) is 0 Å². The van der Waals surface area contributed by atoms with Crippen molar-refractivity contribution in [2.75, 3.05) is 7.11 Å². The average molecular weight is 239 g/mol. The molecular formula is C10H10FN3OS. The number of halogens is 1. The topological polar surface area (TPSA) is 61.0 Å². The van der Waals surface area contributed by atoms with Gasteiger partial charge >= 0.3 is 0 Å². The summed E-state index contributed by atoms with van der Waals surface area (Å²) in [5.74, 6) is -0.197. The van der Waals surface area contributed by atoms with E-state index < -0.39 is 5.82 Å². The molecule has 0 aliphatic carbocycles. The first-order valence-corrected chi connectivity index (χ1v) is 5.42. The Morgan fingerprint density at radius 1 is 1.44 bits per heavy atom. The Hall–Kier alpha value is -1.53. The first-order valence-electron chi connectivity index (χ1n) is 4.61. The summed E-state index contributed by atoms with van der Waals surface area (Å²) in [7, 11) is 1.43. The number of methoxy groups -OCH3 is 1. The van der Waals surface area contributed by atoms with Crippen LogP contribution in [0.4, 0.5) is 4.39 Å². The molecule has 0 bridgehead atoms. The molecule has 0 fully saturated rings. The highest BCUT2D eigenvalue weighted by atomic mass is 32.1. The van der Waals surface area contributed by atoms with Gasteiger partial charge in [-0.05, 0) is 18.2 Å². The van der Waals surface area contributed by atoms with Gasteiger partial charge in [-0.15, -0.1) is 10.2 Å². The molecule has 0 unspecified atom stereocenters. The Morgan fingerprint density at radius 3 is 2.81 bits per heavy atom. The van der Waals surface area contributed by atoms with E-state index in [0.717, 1.165) is 5.01 Å². The maximum Gasteiger partial charge on any atom is 0.165 e. The van der Waals surface area contributed by atoms with Crippen LogP contribution in [-0.2, 0) is 6.54 Å². The van der Waals surface area contributed by atoms with Crippen LogP contribution in [0, 0.1) is 5.82 Å². The summed E-state index contributed by atoms with van der Waals surface area (Å²) in [6.07, 6.45) is 0. The summed E-state index contributed by atoms with van der Waals surface area (Å²) in [5.41, 5.74) is 6.11. The van der Waals surface area contributed by atoms with Crippen LogP contribution in [0.3, 0.4) is 0 Å². The van der Waals surface area contributed by atoms with Crippen molar-refractivity contribution in [3.63, 3.8) is 0 Å². The third-order valence-corrected chi connectivity index (χ3v) is 3.03. The van der Waals surface area contributed by atoms with E-state index in [1.807, 2.05) is 0 Å². The number of nitrogens with zero attached hydrogens (tertiary/aromatic N) is 2. The first-order chi connectivity index (χ1) is 7.74. The lowest BCUT2D eigenvalue weighted by molar-refractivity contribution is 0.386. The quantitative estimate of drug-likeness (QED) is 0.887. The van der Waals surface area contributed by atoms with Gasteiger partial charge < -0.3 is 10.5 Å². The fourth-order valence-electron chi connectivity index (χ4n) is 1.25. The molecule has 6 heteroatoms. The van der Waals surface area contributed by atoms with Gasteiger partial charge in [0.2, 0.25) is 0 Å². The standard InChI is InChI=1S/C10H10FN3OS/c1-15-8-3-2-6(4-7(8)11)10-14-13-9(5-12)16-10/h2-4H,5,12H2,1H3. The molecule has 0 saturated carbocycles. The lowest BCUT2D eigenvalue weighted by Gasteiger charge is -2.02. The summed E-state index contributed by atoms with van der Waals surface area (Å²) >= 11 is 1.35. The second-order valence-corrected chi connectivity index (χ2v) is 4.12. The van der Waals surface area contributed by atoms with Gasteiger partial charge in [0, 0.05) is 12.1 Å². The highest BCUT2D eigenvalue weighted by Crippen LogP contribution is 2.27. The fourth-order valence-corrected chi connectivity index (χ4v) is 1.97. The van der Waals surface area contributed by atoms with Crippen LogP contribution in [0.25, 0.3) is 10.6 Å². The maximum absolute atomic E-state index is 13.4. The monoisotopic (exact) mass is 239 g/mol. The largest absolute Gasteiger partial charge is 0.494 e. The second kappa shape index (κ2) is 4.54. The third kappa shape index (κ3) is 2.02. The molecule has 1 aromatic carbocycles. The van der Waals surface area contributed by atoms with Crippen molar-refractivity contribution in [2.45, 2.75) is 6.54 Å². The van der Waals surface area contributed by atoms with Crippen molar-refractivity contribution in [1.82, 2.24) is 10.2 Å². The smallest absolute Gasteiger partial charge is 0.165 e. The first kappa shape index (κ1) is 11.0. The molecule has 84 valence electrons. The van der Waals surface area contributed by atoms with Crippen LogP contribution in [0.5, 0.6) is 5.75 Å². The van der Waals surface area contributed by atoms with Gasteiger partial charge in [0.05, 0.1) is 7.11 Å². The molecule has 2 N–H and O–H groups in total. The Morgan fingerprint density at radius 2 is 2.25 bits per heavy atom. The molecule has 16 heavy (non-hydrogen) atoms. The number of ether oxygens (including phenoxy) is 1. The molecule has 1 aromatic heterocycles. The Labute approximate surface area is 95.9 Å². The van der Waals surface area contributed by atoms with Crippen molar-refractivity contribution >= 4 is 11.3 Å². The second-order valence-electron chi connectivity index (χ2n) is 3.05. The summed E-state index contributed by atoms with van der Waals surface area (Å²) in [5, 5.41) is 9.19. The SMILES string of the molecule is COc1ccc(-c2nnc(CN)s2)cc1F. The minimum absolute atomic E-state index is 0.215. The zero-order valence-electron chi connectivity index (χ0n) is 8.61. The Balaban J connectivity index is 2.37. The summed E-state index contributed by atoms with van der Waals surface area (Å²) in [6.45, 7) is 0.344. The van der Waals surface area contributed by atoms with Gasteiger partial charge in [-0.1, -0.05) is 11.3 Å². The molecule has 0 saturated heterocycles. The van der Waals surface area contributed by atoms with E-state index in [9.17, 15) is 4.39 Å². The van der Waals surface area contributed by atoms with Gasteiger partial charge in [-0.2, -0.15) is 0 Å². The van der Waals surface area contributed by atoms with Crippen LogP contribution in [0.2, 0.25) is 0 Å². The fraction of sp³-hybridized carbons (Fsp3) is 0.200. The van der Waals surface area contributed by atoms with Gasteiger partial charge in [0.15, 0.2) is 11.6 Å². The lowest BCUT2D eigenvalue weighted by Crippen LogP contribution is -1.94. The van der Waals surface area contributed by atoms with Crippen molar-refractivity contribution < 1.29 is 9.13 Å². The number of aromatic nitrogens is 2. The van der Waals surface area contributed by atoms with E-state index in [0.29, 0.717) is 17.1 Å². The Kier molecular flexibility index (Phi) is 3.12. The summed E-state index contributed by atoms with van der Waals surface area (Å²) in [6, 6.07) is 4.68. The zero-order valence-corrected chi connectivity index (χ0v) is 9.42. The highest BCUT2D eigenvalue weighted by Gasteiger charge is 2.09. The molecule has 4 nitrogen and oxygen atoms in total. The van der Waals surface area contributed by atoms with Crippen molar-refractivity contribution in [3.8, 4) is 16.3 Å². The van der Waals surface area contributed by atoms with E-state index in [4.69, 9.17) is 10.5 Å². The van der Waals surface area contributed by atoms with Gasteiger partial charge in [0.25, 0.3) is 0 Å². The molecule has 0 aliphatic heterocycles. The predicted molar refractivity (Wildman–Crippen MR) is 59.7 cm³/mol. The summed E-state index contributed by atoms with van der Waals surface area (Å²) in [4.78, 5) is 0. The summed E-state index contributed by atoms with van der Waals surface area (Å²) < 4.78 is 18.3. The van der Waals surface area contributed by atoms with Crippen LogP contribution in [-0.4, -0.2) is 17.3 Å². The number of hydrogen-bond donors (Lipinski definition) is 1. The molecule has 0 aliphatic rings. The van der Waals surface area contributed by atoms with Crippen molar-refractivity contribution in [2.24, 2.45) is 5.73 Å². The predicted octanol–water partition coefficient (Wildman–Crippen LogP) is 1.81. The van der Waals surface area contributed by atoms with E-state index in [-0.39, 0.29) is 5.75 Å². The molecule has 2 rings (SSSR count). The molecular weight excluding hydrogens is 229 g/mol. The zero-order chi connectivity index (χ0) is 11.5. The minimum atomic E-state index is -0.413. The van der Waals surface area contributed by atoms with Crippen LogP contribution in [0.1, 0.15) is 5.01 Å². The van der Waals surface area contributed by atoms with Gasteiger partial charge in [0.1, 0.15) is 10.0 Å². The van der Waals surface area contributed by atoms with Crippen molar-refractivity contribution in [1.29, 1.82) is 0 Å². The van der Waals surface area contributed by atoms with Gasteiger partial charge in [-0.25, -0.2) is 4.39 Å². The molecule has 1 heterocycles. The molecule has 2 aromatic rings. The van der Waals surface area contributed by atoms with E-state index in [2.05, 4.69) is 10.2 Å².